The summed E-state index contributed by atoms with van der Waals surface area (Å²) in [6.07, 6.45) is 5.67. The number of anilines is 2. The van der Waals surface area contributed by atoms with E-state index >= 15 is 0 Å². The monoisotopic (exact) mass is 189 g/mol. The summed E-state index contributed by atoms with van der Waals surface area (Å²) in [5.41, 5.74) is 0. The summed E-state index contributed by atoms with van der Waals surface area (Å²) in [5, 5.41) is 0. The number of aromatic nitrogens is 6. The first-order valence-corrected chi connectivity index (χ1v) is 3.85. The molecule has 0 saturated carbocycles. The van der Waals surface area contributed by atoms with Crippen LogP contribution in [-0.4, -0.2) is 37.0 Å². The minimum Gasteiger partial charge on any atom is -0.282 e. The molecular formula is C7H7N7. The van der Waals surface area contributed by atoms with Crippen molar-refractivity contribution in [3.8, 4) is 0 Å². The minimum atomic E-state index is 0.492. The molecule has 0 aliphatic heterocycles. The van der Waals surface area contributed by atoms with Gasteiger partial charge in [0.2, 0.25) is 11.9 Å². The van der Waals surface area contributed by atoms with E-state index in [-0.39, 0.29) is 0 Å². The molecule has 2 aromatic heterocycles. The van der Waals surface area contributed by atoms with Crippen molar-refractivity contribution in [2.45, 2.75) is 0 Å². The van der Waals surface area contributed by atoms with Crippen molar-refractivity contribution in [1.82, 2.24) is 29.9 Å². The molecule has 70 valence electrons. The number of hydrogen-bond acceptors (Lipinski definition) is 7. The zero-order valence-corrected chi connectivity index (χ0v) is 7.44. The molecule has 0 aromatic carbocycles. The average molecular weight is 189 g/mol. The van der Waals surface area contributed by atoms with Crippen LogP contribution in [0.3, 0.4) is 0 Å². The second kappa shape index (κ2) is 3.69. The molecule has 0 aliphatic rings. The van der Waals surface area contributed by atoms with Gasteiger partial charge in [0.05, 0.1) is 0 Å². The van der Waals surface area contributed by atoms with E-state index in [4.69, 9.17) is 0 Å². The first-order chi connectivity index (χ1) is 6.88. The van der Waals surface area contributed by atoms with Crippen LogP contribution in [0, 0.1) is 0 Å². The molecule has 0 unspecified atom stereocenters. The fourth-order valence-corrected chi connectivity index (χ4v) is 0.902. The molecule has 0 atom stereocenters. The molecule has 0 fully saturated rings. The Balaban J connectivity index is 2.30. The Bertz CT molecular complexity index is 350. The smallest absolute Gasteiger partial charge is 0.235 e. The van der Waals surface area contributed by atoms with E-state index in [1.54, 1.807) is 11.9 Å². The Hall–Kier alpha value is -2.18. The molecule has 0 aliphatic carbocycles. The highest BCUT2D eigenvalue weighted by atomic mass is 15.3. The van der Waals surface area contributed by atoms with Crippen molar-refractivity contribution in [1.29, 1.82) is 0 Å². The lowest BCUT2D eigenvalue weighted by atomic mass is 10.7. The van der Waals surface area contributed by atoms with Gasteiger partial charge in [-0.2, -0.15) is 0 Å². The zero-order valence-electron chi connectivity index (χ0n) is 7.44. The van der Waals surface area contributed by atoms with Crippen LogP contribution in [-0.2, 0) is 0 Å². The van der Waals surface area contributed by atoms with Crippen LogP contribution >= 0.6 is 0 Å². The molecule has 7 nitrogen and oxygen atoms in total. The van der Waals surface area contributed by atoms with E-state index in [0.717, 1.165) is 0 Å². The van der Waals surface area contributed by atoms with E-state index in [2.05, 4.69) is 29.9 Å². The lowest BCUT2D eigenvalue weighted by Gasteiger charge is -2.12. The van der Waals surface area contributed by atoms with Gasteiger partial charge in [0.15, 0.2) is 0 Å². The maximum absolute atomic E-state index is 3.96. The van der Waals surface area contributed by atoms with Gasteiger partial charge in [-0.1, -0.05) is 0 Å². The highest BCUT2D eigenvalue weighted by Crippen LogP contribution is 2.10. The van der Waals surface area contributed by atoms with Crippen LogP contribution in [0.4, 0.5) is 11.9 Å². The van der Waals surface area contributed by atoms with Crippen molar-refractivity contribution in [3.05, 3.63) is 25.3 Å². The summed E-state index contributed by atoms with van der Waals surface area (Å²) < 4.78 is 0. The van der Waals surface area contributed by atoms with Gasteiger partial charge >= 0.3 is 0 Å². The number of hydrogen-bond donors (Lipinski definition) is 0. The quantitative estimate of drug-likeness (QED) is 0.648. The molecule has 0 N–H and O–H groups in total. The predicted molar refractivity (Wildman–Crippen MR) is 47.7 cm³/mol. The van der Waals surface area contributed by atoms with Crippen LogP contribution in [0.15, 0.2) is 25.3 Å². The normalized spacial score (nSPS) is 9.79. The summed E-state index contributed by atoms with van der Waals surface area (Å²) in [6.45, 7) is 0. The van der Waals surface area contributed by atoms with E-state index in [1.807, 2.05) is 0 Å². The highest BCUT2D eigenvalue weighted by molar-refractivity contribution is 5.44. The lowest BCUT2D eigenvalue weighted by molar-refractivity contribution is 0.923. The van der Waals surface area contributed by atoms with Crippen LogP contribution in [0.5, 0.6) is 0 Å². The van der Waals surface area contributed by atoms with Crippen molar-refractivity contribution in [2.75, 3.05) is 11.9 Å². The second-order valence-electron chi connectivity index (χ2n) is 2.44. The van der Waals surface area contributed by atoms with E-state index in [9.17, 15) is 0 Å². The first kappa shape index (κ1) is 8.42. The van der Waals surface area contributed by atoms with Crippen LogP contribution < -0.4 is 4.90 Å². The van der Waals surface area contributed by atoms with Gasteiger partial charge < -0.3 is 0 Å². The number of nitrogens with zero attached hydrogens (tertiary/aromatic N) is 7. The minimum absolute atomic E-state index is 0.492. The number of rotatable bonds is 2. The molecule has 0 bridgehead atoms. The van der Waals surface area contributed by atoms with Crippen LogP contribution in [0.2, 0.25) is 0 Å². The van der Waals surface area contributed by atoms with Crippen LogP contribution in [0.25, 0.3) is 0 Å². The Morgan fingerprint density at radius 1 is 0.786 bits per heavy atom. The van der Waals surface area contributed by atoms with E-state index in [1.165, 1.54) is 25.3 Å². The molecule has 14 heavy (non-hydrogen) atoms. The van der Waals surface area contributed by atoms with Crippen LogP contribution in [0.1, 0.15) is 0 Å². The zero-order chi connectivity index (χ0) is 9.80. The second-order valence-corrected chi connectivity index (χ2v) is 2.44. The first-order valence-electron chi connectivity index (χ1n) is 3.85. The molecule has 0 amide bonds. The summed E-state index contributed by atoms with van der Waals surface area (Å²) >= 11 is 0. The Labute approximate surface area is 79.9 Å². The topological polar surface area (TPSA) is 80.6 Å². The van der Waals surface area contributed by atoms with Crippen molar-refractivity contribution in [2.24, 2.45) is 0 Å². The van der Waals surface area contributed by atoms with Gasteiger partial charge in [0, 0.05) is 7.05 Å². The van der Waals surface area contributed by atoms with Crippen molar-refractivity contribution < 1.29 is 0 Å². The van der Waals surface area contributed by atoms with Gasteiger partial charge in [0.25, 0.3) is 0 Å². The SMILES string of the molecule is CN(c1ncncn1)c1ncncn1. The third-order valence-corrected chi connectivity index (χ3v) is 1.56. The third-order valence-electron chi connectivity index (χ3n) is 1.56. The molecule has 2 aromatic rings. The molecule has 0 spiro atoms. The highest BCUT2D eigenvalue weighted by Gasteiger charge is 2.07. The standard InChI is InChI=1S/C7H7N7/c1-14(6-10-2-8-3-11-6)7-12-4-9-5-13-7/h2-5H,1H3. The fourth-order valence-electron chi connectivity index (χ4n) is 0.902. The lowest BCUT2D eigenvalue weighted by Crippen LogP contribution is -2.15. The maximum Gasteiger partial charge on any atom is 0.235 e. The molecule has 2 heterocycles. The maximum atomic E-state index is 3.96. The third kappa shape index (κ3) is 1.60. The van der Waals surface area contributed by atoms with Gasteiger partial charge in [-0.3, -0.25) is 4.90 Å². The summed E-state index contributed by atoms with van der Waals surface area (Å²) in [7, 11) is 1.77. The summed E-state index contributed by atoms with van der Waals surface area (Å²) in [5.74, 6) is 0.984. The average Bonchev–Trinajstić information content (AvgIpc) is 2.30. The molecule has 7 heteroatoms. The molecule has 0 radical (unpaired) electrons. The van der Waals surface area contributed by atoms with Gasteiger partial charge in [-0.25, -0.2) is 29.9 Å². The van der Waals surface area contributed by atoms with Gasteiger partial charge in [0.1, 0.15) is 25.3 Å². The Morgan fingerprint density at radius 3 is 1.50 bits per heavy atom. The molecular weight excluding hydrogens is 182 g/mol. The molecule has 0 saturated heterocycles. The Morgan fingerprint density at radius 2 is 1.14 bits per heavy atom. The largest absolute Gasteiger partial charge is 0.282 e. The predicted octanol–water partition coefficient (Wildman–Crippen LogP) is -0.175. The fraction of sp³-hybridized carbons (Fsp3) is 0.143. The van der Waals surface area contributed by atoms with Crippen molar-refractivity contribution in [3.63, 3.8) is 0 Å². The van der Waals surface area contributed by atoms with E-state index in [0.29, 0.717) is 11.9 Å². The van der Waals surface area contributed by atoms with Gasteiger partial charge in [-0.05, 0) is 0 Å². The summed E-state index contributed by atoms with van der Waals surface area (Å²) in [6, 6.07) is 0. The Kier molecular flexibility index (Phi) is 2.22. The molecule has 2 rings (SSSR count). The van der Waals surface area contributed by atoms with E-state index < -0.39 is 0 Å². The van der Waals surface area contributed by atoms with Crippen molar-refractivity contribution >= 4 is 11.9 Å². The summed E-state index contributed by atoms with van der Waals surface area (Å²) in [4.78, 5) is 24.9. The van der Waals surface area contributed by atoms with Gasteiger partial charge in [-0.15, -0.1) is 0 Å².